The number of carbonyl (C=O) groups is 2. The molecule has 0 fully saturated rings. The van der Waals surface area contributed by atoms with Crippen molar-refractivity contribution in [2.45, 2.75) is 13.8 Å². The lowest BCUT2D eigenvalue weighted by atomic mass is 9.99. The first-order valence-electron chi connectivity index (χ1n) is 10.2. The Morgan fingerprint density at radius 3 is 2.19 bits per heavy atom. The maximum atomic E-state index is 12.7. The molecule has 4 rings (SSSR count). The van der Waals surface area contributed by atoms with Crippen LogP contribution in [-0.2, 0) is 9.53 Å². The first-order valence-corrected chi connectivity index (χ1v) is 11.0. The fourth-order valence-corrected chi connectivity index (χ4v) is 3.93. The summed E-state index contributed by atoms with van der Waals surface area (Å²) in [5, 5.41) is 5.03. The fourth-order valence-electron chi connectivity index (χ4n) is 3.20. The monoisotopic (exact) mass is 442 g/mol. The number of nitrogens with one attached hydrogen (secondary N) is 1. The number of amides is 1. The number of nitrogens with zero attached hydrogens (tertiary/aromatic N) is 1. The summed E-state index contributed by atoms with van der Waals surface area (Å²) in [6.45, 7) is 3.65. The second-order valence-electron chi connectivity index (χ2n) is 7.44. The highest BCUT2D eigenvalue weighted by Gasteiger charge is 2.16. The van der Waals surface area contributed by atoms with E-state index in [0.717, 1.165) is 27.9 Å². The van der Waals surface area contributed by atoms with E-state index in [1.807, 2.05) is 79.9 Å². The van der Waals surface area contributed by atoms with Gasteiger partial charge in [-0.1, -0.05) is 77.9 Å². The number of anilines is 1. The van der Waals surface area contributed by atoms with Gasteiger partial charge in [-0.15, -0.1) is 11.3 Å². The van der Waals surface area contributed by atoms with Crippen molar-refractivity contribution >= 4 is 28.3 Å². The Hall–Kier alpha value is -3.77. The van der Waals surface area contributed by atoms with E-state index in [9.17, 15) is 9.59 Å². The zero-order valence-corrected chi connectivity index (χ0v) is 18.6. The highest BCUT2D eigenvalue weighted by Crippen LogP contribution is 2.26. The lowest BCUT2D eigenvalue weighted by Crippen LogP contribution is -2.21. The minimum Gasteiger partial charge on any atom is -0.452 e. The molecule has 1 heterocycles. The van der Waals surface area contributed by atoms with Gasteiger partial charge in [-0.05, 0) is 31.0 Å². The van der Waals surface area contributed by atoms with Gasteiger partial charge < -0.3 is 4.74 Å². The molecule has 0 atom stereocenters. The van der Waals surface area contributed by atoms with Crippen LogP contribution >= 0.6 is 11.3 Å². The number of ether oxygens (including phenoxy) is 1. The predicted molar refractivity (Wildman–Crippen MR) is 128 cm³/mol. The van der Waals surface area contributed by atoms with Gasteiger partial charge in [0.05, 0.1) is 11.3 Å². The van der Waals surface area contributed by atoms with E-state index in [0.29, 0.717) is 10.7 Å². The summed E-state index contributed by atoms with van der Waals surface area (Å²) < 4.78 is 5.28. The number of hydrogen-bond acceptors (Lipinski definition) is 5. The molecule has 4 aromatic rings. The van der Waals surface area contributed by atoms with Gasteiger partial charge in [0.25, 0.3) is 5.91 Å². The van der Waals surface area contributed by atoms with Gasteiger partial charge in [-0.3, -0.25) is 10.1 Å². The van der Waals surface area contributed by atoms with Gasteiger partial charge >= 0.3 is 5.97 Å². The van der Waals surface area contributed by atoms with Crippen molar-refractivity contribution in [2.24, 2.45) is 0 Å². The van der Waals surface area contributed by atoms with Gasteiger partial charge in [0.15, 0.2) is 11.7 Å². The number of aromatic nitrogens is 1. The van der Waals surface area contributed by atoms with Crippen molar-refractivity contribution < 1.29 is 14.3 Å². The van der Waals surface area contributed by atoms with E-state index < -0.39 is 11.9 Å². The second-order valence-corrected chi connectivity index (χ2v) is 8.30. The summed E-state index contributed by atoms with van der Waals surface area (Å²) in [6.07, 6.45) is 0. The van der Waals surface area contributed by atoms with Gasteiger partial charge in [0, 0.05) is 10.9 Å². The molecule has 0 unspecified atom stereocenters. The lowest BCUT2D eigenvalue weighted by Gasteiger charge is -2.10. The third-order valence-electron chi connectivity index (χ3n) is 4.94. The van der Waals surface area contributed by atoms with Gasteiger partial charge in [-0.2, -0.15) is 0 Å². The van der Waals surface area contributed by atoms with Crippen molar-refractivity contribution in [1.29, 1.82) is 0 Å². The summed E-state index contributed by atoms with van der Waals surface area (Å²) in [5.41, 5.74) is 6.17. The predicted octanol–water partition coefficient (Wildman–Crippen LogP) is 5.89. The SMILES string of the molecule is Cc1ccc(-c2csc(NC(=O)COC(=O)c3ccccc3-c3ccc(C)cc3)n2)cc1. The quantitative estimate of drug-likeness (QED) is 0.378. The summed E-state index contributed by atoms with van der Waals surface area (Å²) >= 11 is 1.32. The molecule has 0 spiro atoms. The molecular formula is C26H22N2O3S. The van der Waals surface area contributed by atoms with E-state index in [-0.39, 0.29) is 6.61 Å². The van der Waals surface area contributed by atoms with Crippen molar-refractivity contribution in [3.05, 3.63) is 94.9 Å². The van der Waals surface area contributed by atoms with Crippen LogP contribution in [0.3, 0.4) is 0 Å². The smallest absolute Gasteiger partial charge is 0.339 e. The van der Waals surface area contributed by atoms with Crippen LogP contribution in [0.5, 0.6) is 0 Å². The molecule has 1 aromatic heterocycles. The van der Waals surface area contributed by atoms with Gasteiger partial charge in [0.2, 0.25) is 0 Å². The maximum absolute atomic E-state index is 12.7. The van der Waals surface area contributed by atoms with E-state index >= 15 is 0 Å². The number of carbonyl (C=O) groups excluding carboxylic acids is 2. The fraction of sp³-hybridized carbons (Fsp3) is 0.115. The Bertz CT molecular complexity index is 1240. The number of hydrogen-bond donors (Lipinski definition) is 1. The zero-order valence-electron chi connectivity index (χ0n) is 17.8. The topological polar surface area (TPSA) is 68.3 Å². The Morgan fingerprint density at radius 1 is 0.875 bits per heavy atom. The van der Waals surface area contributed by atoms with Crippen LogP contribution in [0.4, 0.5) is 5.13 Å². The lowest BCUT2D eigenvalue weighted by molar-refractivity contribution is -0.119. The average Bonchev–Trinajstić information content (AvgIpc) is 3.27. The second kappa shape index (κ2) is 9.58. The highest BCUT2D eigenvalue weighted by molar-refractivity contribution is 7.14. The van der Waals surface area contributed by atoms with E-state index in [1.54, 1.807) is 12.1 Å². The molecular weight excluding hydrogens is 420 g/mol. The van der Waals surface area contributed by atoms with Crippen LogP contribution in [0.25, 0.3) is 22.4 Å². The van der Waals surface area contributed by atoms with Crippen LogP contribution in [-0.4, -0.2) is 23.5 Å². The van der Waals surface area contributed by atoms with Crippen LogP contribution in [0.2, 0.25) is 0 Å². The van der Waals surface area contributed by atoms with Crippen molar-refractivity contribution in [3.8, 4) is 22.4 Å². The summed E-state index contributed by atoms with van der Waals surface area (Å²) in [4.78, 5) is 29.4. The van der Waals surface area contributed by atoms with Crippen LogP contribution in [0.15, 0.2) is 78.2 Å². The Morgan fingerprint density at radius 2 is 1.50 bits per heavy atom. The molecule has 160 valence electrons. The van der Waals surface area contributed by atoms with Crippen molar-refractivity contribution in [1.82, 2.24) is 4.98 Å². The Kier molecular flexibility index (Phi) is 6.42. The molecule has 3 aromatic carbocycles. The van der Waals surface area contributed by atoms with Gasteiger partial charge in [0.1, 0.15) is 0 Å². The first kappa shape index (κ1) is 21.5. The molecule has 6 heteroatoms. The standard InChI is InChI=1S/C26H22N2O3S/c1-17-7-11-19(12-8-17)21-5-3-4-6-22(21)25(30)31-15-24(29)28-26-27-23(16-32-26)20-13-9-18(2)10-14-20/h3-14,16H,15H2,1-2H3,(H,27,28,29). The van der Waals surface area contributed by atoms with Crippen LogP contribution in [0.1, 0.15) is 21.5 Å². The number of rotatable bonds is 6. The van der Waals surface area contributed by atoms with Crippen LogP contribution in [0, 0.1) is 13.8 Å². The molecule has 0 radical (unpaired) electrons. The minimum absolute atomic E-state index is 0.388. The van der Waals surface area contributed by atoms with Gasteiger partial charge in [-0.25, -0.2) is 9.78 Å². The molecule has 32 heavy (non-hydrogen) atoms. The molecule has 1 amide bonds. The molecule has 0 saturated carbocycles. The summed E-state index contributed by atoms with van der Waals surface area (Å²) in [5.74, 6) is -0.980. The largest absolute Gasteiger partial charge is 0.452 e. The normalized spacial score (nSPS) is 10.6. The number of thiazole rings is 1. The molecule has 0 aliphatic carbocycles. The molecule has 0 aliphatic heterocycles. The highest BCUT2D eigenvalue weighted by atomic mass is 32.1. The molecule has 0 bridgehead atoms. The Labute approximate surface area is 190 Å². The van der Waals surface area contributed by atoms with Crippen molar-refractivity contribution in [3.63, 3.8) is 0 Å². The average molecular weight is 443 g/mol. The summed E-state index contributed by atoms with van der Waals surface area (Å²) in [6, 6.07) is 23.1. The summed E-state index contributed by atoms with van der Waals surface area (Å²) in [7, 11) is 0. The molecule has 0 aliphatic rings. The zero-order chi connectivity index (χ0) is 22.5. The maximum Gasteiger partial charge on any atom is 0.339 e. The minimum atomic E-state index is -0.546. The number of esters is 1. The number of aryl methyl sites for hydroxylation is 2. The molecule has 5 nitrogen and oxygen atoms in total. The third-order valence-corrected chi connectivity index (χ3v) is 5.70. The molecule has 1 N–H and O–H groups in total. The number of benzene rings is 3. The van der Waals surface area contributed by atoms with Crippen LogP contribution < -0.4 is 5.32 Å². The van der Waals surface area contributed by atoms with E-state index in [1.165, 1.54) is 16.9 Å². The van der Waals surface area contributed by atoms with E-state index in [4.69, 9.17) is 4.74 Å². The third kappa shape index (κ3) is 5.10. The molecule has 0 saturated heterocycles. The van der Waals surface area contributed by atoms with Crippen molar-refractivity contribution in [2.75, 3.05) is 11.9 Å². The Balaban J connectivity index is 1.38. The first-order chi connectivity index (χ1) is 15.5. The van der Waals surface area contributed by atoms with E-state index in [2.05, 4.69) is 10.3 Å².